The summed E-state index contributed by atoms with van der Waals surface area (Å²) >= 11 is 0. The molecule has 1 atom stereocenters. The molecular formula is C40H76O4. The Kier molecular flexibility index (Phi) is 35.1. The molecular weight excluding hydrogens is 544 g/mol. The quantitative estimate of drug-likeness (QED) is 0.0430. The van der Waals surface area contributed by atoms with Crippen molar-refractivity contribution >= 4 is 11.9 Å². The Balaban J connectivity index is 4.04. The maximum atomic E-state index is 12.7. The molecule has 0 fully saturated rings. The molecule has 1 unspecified atom stereocenters. The van der Waals surface area contributed by atoms with Gasteiger partial charge in [-0.15, -0.1) is 0 Å². The van der Waals surface area contributed by atoms with Gasteiger partial charge in [0.2, 0.25) is 0 Å². The molecule has 4 heteroatoms. The Morgan fingerprint density at radius 1 is 0.477 bits per heavy atom. The SMILES string of the molecule is CCCCCC/C=C\CCCCCCCC(=O)OC(CCCCCCCCCC)CCCCCCCCCCCCC(=O)O. The third-order valence-corrected chi connectivity index (χ3v) is 8.99. The van der Waals surface area contributed by atoms with E-state index in [9.17, 15) is 9.59 Å². The monoisotopic (exact) mass is 621 g/mol. The lowest BCUT2D eigenvalue weighted by molar-refractivity contribution is -0.150. The first-order valence-corrected chi connectivity index (χ1v) is 19.7. The van der Waals surface area contributed by atoms with Crippen LogP contribution < -0.4 is 0 Å². The van der Waals surface area contributed by atoms with E-state index in [0.29, 0.717) is 12.8 Å². The lowest BCUT2D eigenvalue weighted by Crippen LogP contribution is -2.18. The van der Waals surface area contributed by atoms with Crippen LogP contribution in [0.15, 0.2) is 12.2 Å². The van der Waals surface area contributed by atoms with Gasteiger partial charge in [0.15, 0.2) is 0 Å². The van der Waals surface area contributed by atoms with Crippen LogP contribution in [0.2, 0.25) is 0 Å². The highest BCUT2D eigenvalue weighted by Crippen LogP contribution is 2.19. The van der Waals surface area contributed by atoms with Gasteiger partial charge in [0, 0.05) is 12.8 Å². The van der Waals surface area contributed by atoms with Gasteiger partial charge < -0.3 is 9.84 Å². The summed E-state index contributed by atoms with van der Waals surface area (Å²) in [5.74, 6) is -0.642. The molecule has 0 saturated carbocycles. The molecule has 0 amide bonds. The van der Waals surface area contributed by atoms with Crippen LogP contribution >= 0.6 is 0 Å². The lowest BCUT2D eigenvalue weighted by atomic mass is 10.0. The van der Waals surface area contributed by atoms with Gasteiger partial charge in [0.1, 0.15) is 6.10 Å². The van der Waals surface area contributed by atoms with Crippen LogP contribution in [0.3, 0.4) is 0 Å². The third kappa shape index (κ3) is 35.2. The highest BCUT2D eigenvalue weighted by Gasteiger charge is 2.14. The predicted molar refractivity (Wildman–Crippen MR) is 190 cm³/mol. The number of carbonyl (C=O) groups excluding carboxylic acids is 1. The van der Waals surface area contributed by atoms with Gasteiger partial charge in [-0.2, -0.15) is 0 Å². The van der Waals surface area contributed by atoms with E-state index in [1.807, 2.05) is 0 Å². The summed E-state index contributed by atoms with van der Waals surface area (Å²) in [5, 5.41) is 8.71. The van der Waals surface area contributed by atoms with Gasteiger partial charge in [-0.05, 0) is 64.2 Å². The van der Waals surface area contributed by atoms with Gasteiger partial charge in [-0.25, -0.2) is 0 Å². The van der Waals surface area contributed by atoms with Crippen LogP contribution in [0.5, 0.6) is 0 Å². The zero-order chi connectivity index (χ0) is 32.2. The Hall–Kier alpha value is -1.32. The van der Waals surface area contributed by atoms with Crippen LogP contribution in [-0.4, -0.2) is 23.1 Å². The average molecular weight is 621 g/mol. The summed E-state index contributed by atoms with van der Waals surface area (Å²) < 4.78 is 6.04. The Bertz CT molecular complexity index is 629. The number of hydrogen-bond acceptors (Lipinski definition) is 3. The number of hydrogen-bond donors (Lipinski definition) is 1. The molecule has 0 heterocycles. The van der Waals surface area contributed by atoms with E-state index < -0.39 is 5.97 Å². The molecule has 1 N–H and O–H groups in total. The molecule has 0 rings (SSSR count). The summed E-state index contributed by atoms with van der Waals surface area (Å²) in [6.07, 6.45) is 43.8. The van der Waals surface area contributed by atoms with E-state index in [4.69, 9.17) is 9.84 Å². The maximum absolute atomic E-state index is 12.7. The van der Waals surface area contributed by atoms with E-state index in [2.05, 4.69) is 26.0 Å². The zero-order valence-corrected chi connectivity index (χ0v) is 29.7. The maximum Gasteiger partial charge on any atom is 0.306 e. The second-order valence-corrected chi connectivity index (χ2v) is 13.5. The second-order valence-electron chi connectivity index (χ2n) is 13.5. The summed E-state index contributed by atoms with van der Waals surface area (Å²) in [6.45, 7) is 4.54. The molecule has 0 aromatic rings. The van der Waals surface area contributed by atoms with Crippen LogP contribution in [0.4, 0.5) is 0 Å². The van der Waals surface area contributed by atoms with Crippen molar-refractivity contribution in [3.8, 4) is 0 Å². The van der Waals surface area contributed by atoms with Gasteiger partial charge in [0.25, 0.3) is 0 Å². The first-order chi connectivity index (χ1) is 21.6. The van der Waals surface area contributed by atoms with Crippen molar-refractivity contribution in [3.63, 3.8) is 0 Å². The number of carbonyl (C=O) groups is 2. The Morgan fingerprint density at radius 2 is 0.818 bits per heavy atom. The van der Waals surface area contributed by atoms with Crippen molar-refractivity contribution in [2.24, 2.45) is 0 Å². The average Bonchev–Trinajstić information content (AvgIpc) is 3.01. The minimum atomic E-state index is -0.673. The number of allylic oxidation sites excluding steroid dienone is 2. The summed E-state index contributed by atoms with van der Waals surface area (Å²) in [4.78, 5) is 23.2. The van der Waals surface area contributed by atoms with Crippen LogP contribution in [0.1, 0.15) is 226 Å². The smallest absolute Gasteiger partial charge is 0.306 e. The predicted octanol–water partition coefficient (Wildman–Crippen LogP) is 13.5. The molecule has 0 aromatic heterocycles. The number of esters is 1. The number of carboxylic acids is 1. The minimum Gasteiger partial charge on any atom is -0.481 e. The Morgan fingerprint density at radius 3 is 1.25 bits per heavy atom. The molecule has 0 aliphatic carbocycles. The molecule has 0 saturated heterocycles. The standard InChI is InChI=1S/C40H76O4/c1-3-5-7-9-11-13-14-15-16-21-25-29-33-37-40(43)44-38(34-30-26-22-12-10-8-6-4-2)35-31-27-23-19-17-18-20-24-28-32-36-39(41)42/h13-14,38H,3-12,15-37H2,1-2H3,(H,41,42)/b14-13-. The van der Waals surface area contributed by atoms with Gasteiger partial charge in [-0.1, -0.05) is 161 Å². The topological polar surface area (TPSA) is 63.6 Å². The van der Waals surface area contributed by atoms with Crippen molar-refractivity contribution < 1.29 is 19.4 Å². The summed E-state index contributed by atoms with van der Waals surface area (Å²) in [6, 6.07) is 0. The van der Waals surface area contributed by atoms with Crippen LogP contribution in [0.25, 0.3) is 0 Å². The number of carboxylic acid groups (broad SMARTS) is 1. The second kappa shape index (κ2) is 36.2. The van der Waals surface area contributed by atoms with Gasteiger partial charge in [-0.3, -0.25) is 9.59 Å². The van der Waals surface area contributed by atoms with Crippen molar-refractivity contribution in [1.29, 1.82) is 0 Å². The van der Waals surface area contributed by atoms with E-state index in [-0.39, 0.29) is 12.1 Å². The van der Waals surface area contributed by atoms with Crippen LogP contribution in [0, 0.1) is 0 Å². The normalized spacial score (nSPS) is 12.2. The number of aliphatic carboxylic acids is 1. The Labute approximate surface area is 275 Å². The van der Waals surface area contributed by atoms with Crippen molar-refractivity contribution in [2.75, 3.05) is 0 Å². The molecule has 44 heavy (non-hydrogen) atoms. The largest absolute Gasteiger partial charge is 0.481 e. The molecule has 0 spiro atoms. The van der Waals surface area contributed by atoms with E-state index in [1.165, 1.54) is 148 Å². The van der Waals surface area contributed by atoms with E-state index >= 15 is 0 Å². The van der Waals surface area contributed by atoms with Crippen molar-refractivity contribution in [2.45, 2.75) is 232 Å². The molecule has 0 aromatic carbocycles. The number of rotatable bonds is 36. The molecule has 0 aliphatic rings. The molecule has 0 aliphatic heterocycles. The number of ether oxygens (including phenoxy) is 1. The summed E-state index contributed by atoms with van der Waals surface area (Å²) in [7, 11) is 0. The minimum absolute atomic E-state index is 0.0314. The van der Waals surface area contributed by atoms with Crippen molar-refractivity contribution in [1.82, 2.24) is 0 Å². The lowest BCUT2D eigenvalue weighted by Gasteiger charge is -2.18. The first kappa shape index (κ1) is 42.7. The highest BCUT2D eigenvalue weighted by atomic mass is 16.5. The highest BCUT2D eigenvalue weighted by molar-refractivity contribution is 5.69. The first-order valence-electron chi connectivity index (χ1n) is 19.7. The van der Waals surface area contributed by atoms with Crippen molar-refractivity contribution in [3.05, 3.63) is 12.2 Å². The molecule has 0 radical (unpaired) electrons. The van der Waals surface area contributed by atoms with Crippen LogP contribution in [-0.2, 0) is 14.3 Å². The van der Waals surface area contributed by atoms with E-state index in [0.717, 1.165) is 51.4 Å². The molecule has 0 bridgehead atoms. The van der Waals surface area contributed by atoms with Gasteiger partial charge >= 0.3 is 11.9 Å². The number of unbranched alkanes of at least 4 members (excludes halogenated alkanes) is 25. The van der Waals surface area contributed by atoms with Gasteiger partial charge in [0.05, 0.1) is 0 Å². The molecule has 4 nitrogen and oxygen atoms in total. The third-order valence-electron chi connectivity index (χ3n) is 8.99. The fourth-order valence-corrected chi connectivity index (χ4v) is 6.06. The molecule has 260 valence electrons. The fourth-order valence-electron chi connectivity index (χ4n) is 6.06. The summed E-state index contributed by atoms with van der Waals surface area (Å²) in [5.41, 5.74) is 0. The zero-order valence-electron chi connectivity index (χ0n) is 29.7. The van der Waals surface area contributed by atoms with E-state index in [1.54, 1.807) is 0 Å². The fraction of sp³-hybridized carbons (Fsp3) is 0.900.